The van der Waals surface area contributed by atoms with E-state index in [9.17, 15) is 9.90 Å². The molecule has 2 fully saturated rings. The Bertz CT molecular complexity index is 639. The first kappa shape index (κ1) is 18.4. The van der Waals surface area contributed by atoms with Crippen molar-refractivity contribution in [2.24, 2.45) is 0 Å². The molecule has 6 nitrogen and oxygen atoms in total. The molecule has 1 aliphatic carbocycles. The van der Waals surface area contributed by atoms with Gasteiger partial charge in [0.2, 0.25) is 0 Å². The number of aliphatic hydroxyl groups is 1. The number of hydrogen-bond acceptors (Lipinski definition) is 4. The van der Waals surface area contributed by atoms with Gasteiger partial charge in [-0.15, -0.1) is 0 Å². The van der Waals surface area contributed by atoms with Gasteiger partial charge in [0.15, 0.2) is 0 Å². The molecule has 1 aromatic rings. The molecule has 1 saturated heterocycles. The smallest absolute Gasteiger partial charge is 0.257 e. The summed E-state index contributed by atoms with van der Waals surface area (Å²) in [4.78, 5) is 17.4. The first-order valence-corrected chi connectivity index (χ1v) is 9.48. The average Bonchev–Trinajstić information content (AvgIpc) is 3.10. The molecule has 1 N–H and O–H groups in total. The van der Waals surface area contributed by atoms with Crippen molar-refractivity contribution >= 4 is 5.91 Å². The summed E-state index contributed by atoms with van der Waals surface area (Å²) in [6.07, 6.45) is 2.90. The molecule has 0 bridgehead atoms. The molecule has 1 aromatic heterocycles. The molecule has 1 saturated carbocycles. The lowest BCUT2D eigenvalue weighted by atomic mass is 10.1. The number of nitrogens with zero attached hydrogens (tertiary/aromatic N) is 4. The monoisotopic (exact) mass is 348 g/mol. The van der Waals surface area contributed by atoms with Gasteiger partial charge in [0, 0.05) is 37.9 Å². The Morgan fingerprint density at radius 3 is 2.24 bits per heavy atom. The van der Waals surface area contributed by atoms with Gasteiger partial charge in [-0.3, -0.25) is 14.4 Å². The number of carbonyl (C=O) groups excluding carboxylic acids is 1. The fourth-order valence-electron chi connectivity index (χ4n) is 4.37. The number of rotatable bonds is 2. The van der Waals surface area contributed by atoms with Gasteiger partial charge in [-0.2, -0.15) is 5.10 Å². The van der Waals surface area contributed by atoms with Gasteiger partial charge in [-0.25, -0.2) is 0 Å². The van der Waals surface area contributed by atoms with Gasteiger partial charge in [-0.1, -0.05) is 0 Å². The van der Waals surface area contributed by atoms with Gasteiger partial charge < -0.3 is 10.0 Å². The van der Waals surface area contributed by atoms with E-state index in [1.807, 2.05) is 23.4 Å². The number of carbonyl (C=O) groups is 1. The van der Waals surface area contributed by atoms with Crippen molar-refractivity contribution in [3.63, 3.8) is 0 Å². The number of amides is 1. The van der Waals surface area contributed by atoms with Crippen molar-refractivity contribution in [2.75, 3.05) is 26.2 Å². The highest BCUT2D eigenvalue weighted by Crippen LogP contribution is 2.26. The van der Waals surface area contributed by atoms with Gasteiger partial charge >= 0.3 is 0 Å². The SMILES string of the molecule is Cc1nn(C(C)(C)C)c(C)c1C(=O)N1CCN(C2CCCC2O)CC1. The topological polar surface area (TPSA) is 61.6 Å². The van der Waals surface area contributed by atoms with Crippen LogP contribution in [0.2, 0.25) is 0 Å². The molecule has 0 aromatic carbocycles. The van der Waals surface area contributed by atoms with Crippen LogP contribution in [0.4, 0.5) is 0 Å². The van der Waals surface area contributed by atoms with Gasteiger partial charge in [0.25, 0.3) is 5.91 Å². The first-order chi connectivity index (χ1) is 11.7. The molecule has 6 heteroatoms. The van der Waals surface area contributed by atoms with Gasteiger partial charge in [0.1, 0.15) is 0 Å². The van der Waals surface area contributed by atoms with E-state index in [0.717, 1.165) is 62.4 Å². The van der Waals surface area contributed by atoms with Crippen LogP contribution in [-0.2, 0) is 5.54 Å². The van der Waals surface area contributed by atoms with E-state index < -0.39 is 0 Å². The van der Waals surface area contributed by atoms with Crippen LogP contribution in [0.1, 0.15) is 61.8 Å². The summed E-state index contributed by atoms with van der Waals surface area (Å²) in [5.41, 5.74) is 2.38. The summed E-state index contributed by atoms with van der Waals surface area (Å²) < 4.78 is 1.96. The number of hydrogen-bond donors (Lipinski definition) is 1. The quantitative estimate of drug-likeness (QED) is 0.887. The Hall–Kier alpha value is -1.40. The minimum atomic E-state index is -0.197. The van der Waals surface area contributed by atoms with Crippen LogP contribution in [-0.4, -0.2) is 68.9 Å². The summed E-state index contributed by atoms with van der Waals surface area (Å²) in [6.45, 7) is 13.4. The third-order valence-electron chi connectivity index (χ3n) is 5.66. The fraction of sp³-hybridized carbons (Fsp3) is 0.789. The lowest BCUT2D eigenvalue weighted by molar-refractivity contribution is 0.0315. The van der Waals surface area contributed by atoms with E-state index in [1.165, 1.54) is 0 Å². The Balaban J connectivity index is 1.70. The van der Waals surface area contributed by atoms with Crippen molar-refractivity contribution in [3.05, 3.63) is 17.0 Å². The largest absolute Gasteiger partial charge is 0.391 e. The maximum absolute atomic E-state index is 13.1. The second kappa shape index (κ2) is 6.72. The molecule has 2 atom stereocenters. The van der Waals surface area contributed by atoms with Crippen LogP contribution >= 0.6 is 0 Å². The summed E-state index contributed by atoms with van der Waals surface area (Å²) in [5.74, 6) is 0.0946. The minimum absolute atomic E-state index is 0.0946. The van der Waals surface area contributed by atoms with Crippen molar-refractivity contribution in [1.82, 2.24) is 19.6 Å². The fourth-order valence-corrected chi connectivity index (χ4v) is 4.37. The van der Waals surface area contributed by atoms with Crippen molar-refractivity contribution in [3.8, 4) is 0 Å². The average molecular weight is 348 g/mol. The Kier molecular flexibility index (Phi) is 4.95. The second-order valence-electron chi connectivity index (χ2n) is 8.52. The number of aromatic nitrogens is 2. The van der Waals surface area contributed by atoms with Crippen LogP contribution in [0, 0.1) is 13.8 Å². The lowest BCUT2D eigenvalue weighted by Gasteiger charge is -2.39. The second-order valence-corrected chi connectivity index (χ2v) is 8.52. The zero-order chi connectivity index (χ0) is 18.4. The molecule has 1 amide bonds. The first-order valence-electron chi connectivity index (χ1n) is 9.48. The maximum atomic E-state index is 13.1. The zero-order valence-corrected chi connectivity index (χ0v) is 16.2. The van der Waals surface area contributed by atoms with E-state index in [2.05, 4.69) is 30.8 Å². The summed E-state index contributed by atoms with van der Waals surface area (Å²) in [6, 6.07) is 0.282. The molecule has 2 heterocycles. The maximum Gasteiger partial charge on any atom is 0.257 e. The van der Waals surface area contributed by atoms with Crippen LogP contribution in [0.5, 0.6) is 0 Å². The van der Waals surface area contributed by atoms with E-state index in [1.54, 1.807) is 0 Å². The van der Waals surface area contributed by atoms with Crippen LogP contribution in [0.3, 0.4) is 0 Å². The van der Waals surface area contributed by atoms with Crippen molar-refractivity contribution in [2.45, 2.75) is 71.6 Å². The minimum Gasteiger partial charge on any atom is -0.391 e. The normalized spacial score (nSPS) is 25.6. The van der Waals surface area contributed by atoms with Crippen LogP contribution < -0.4 is 0 Å². The summed E-state index contributed by atoms with van der Waals surface area (Å²) in [7, 11) is 0. The number of piperazine rings is 1. The van der Waals surface area contributed by atoms with E-state index in [0.29, 0.717) is 0 Å². The van der Waals surface area contributed by atoms with E-state index in [4.69, 9.17) is 0 Å². The van der Waals surface area contributed by atoms with E-state index >= 15 is 0 Å². The van der Waals surface area contributed by atoms with Gasteiger partial charge in [-0.05, 0) is 53.9 Å². The molecule has 1 aliphatic heterocycles. The zero-order valence-electron chi connectivity index (χ0n) is 16.2. The third kappa shape index (κ3) is 3.47. The standard InChI is InChI=1S/C19H32N4O2/c1-13-17(14(2)23(20-13)19(3,4)5)18(25)22-11-9-21(10-12-22)15-7-6-8-16(15)24/h15-16,24H,6-12H2,1-5H3. The predicted octanol–water partition coefficient (Wildman–Crippen LogP) is 1.93. The lowest BCUT2D eigenvalue weighted by Crippen LogP contribution is -2.53. The molecule has 25 heavy (non-hydrogen) atoms. The van der Waals surface area contributed by atoms with Gasteiger partial charge in [0.05, 0.1) is 22.9 Å². The third-order valence-corrected chi connectivity index (χ3v) is 5.66. The summed E-state index contributed by atoms with van der Waals surface area (Å²) >= 11 is 0. The molecule has 0 radical (unpaired) electrons. The van der Waals surface area contributed by atoms with Crippen molar-refractivity contribution in [1.29, 1.82) is 0 Å². The molecule has 3 rings (SSSR count). The van der Waals surface area contributed by atoms with Crippen LogP contribution in [0.15, 0.2) is 0 Å². The highest BCUT2D eigenvalue weighted by Gasteiger charge is 2.34. The number of aliphatic hydroxyl groups excluding tert-OH is 1. The molecule has 2 unspecified atom stereocenters. The highest BCUT2D eigenvalue weighted by molar-refractivity contribution is 5.96. The van der Waals surface area contributed by atoms with Crippen molar-refractivity contribution < 1.29 is 9.90 Å². The van der Waals surface area contributed by atoms with Crippen LogP contribution in [0.25, 0.3) is 0 Å². The molecular formula is C19H32N4O2. The number of aryl methyl sites for hydroxylation is 1. The predicted molar refractivity (Wildman–Crippen MR) is 97.8 cm³/mol. The highest BCUT2D eigenvalue weighted by atomic mass is 16.3. The molecule has 2 aliphatic rings. The molecular weight excluding hydrogens is 316 g/mol. The summed E-state index contributed by atoms with van der Waals surface area (Å²) in [5, 5.41) is 14.7. The molecule has 140 valence electrons. The molecule has 0 spiro atoms. The Morgan fingerprint density at radius 1 is 1.12 bits per heavy atom. The Morgan fingerprint density at radius 2 is 1.76 bits per heavy atom. The van der Waals surface area contributed by atoms with E-state index in [-0.39, 0.29) is 23.6 Å². The Labute approximate surface area is 150 Å².